The third-order valence-corrected chi connectivity index (χ3v) is 2.29. The fraction of sp³-hybridized carbons (Fsp3) is 0.357. The van der Waals surface area contributed by atoms with Crippen molar-refractivity contribution in [2.45, 2.75) is 25.8 Å². The molecule has 1 atom stereocenters. The quantitative estimate of drug-likeness (QED) is 0.570. The number of carbonyl (C=O) groups is 1. The Morgan fingerprint density at radius 1 is 1.50 bits per heavy atom. The Balaban J connectivity index is 2.69. The van der Waals surface area contributed by atoms with Gasteiger partial charge in [-0.3, -0.25) is 4.99 Å². The van der Waals surface area contributed by atoms with Crippen molar-refractivity contribution in [1.29, 1.82) is 5.26 Å². The van der Waals surface area contributed by atoms with E-state index in [1.807, 2.05) is 36.4 Å². The second-order valence-electron chi connectivity index (χ2n) is 3.65. The zero-order valence-electron chi connectivity index (χ0n) is 10.4. The first-order valence-electron chi connectivity index (χ1n) is 5.89. The molecule has 0 radical (unpaired) electrons. The summed E-state index contributed by atoms with van der Waals surface area (Å²) in [7, 11) is 0. The summed E-state index contributed by atoms with van der Waals surface area (Å²) in [6.45, 7) is 2.07. The smallest absolute Gasteiger partial charge is 0.330 e. The lowest BCUT2D eigenvalue weighted by Gasteiger charge is -2.09. The van der Waals surface area contributed by atoms with E-state index in [1.165, 1.54) is 0 Å². The minimum Gasteiger partial charge on any atom is -0.464 e. The molecule has 0 spiro atoms. The first kappa shape index (κ1) is 13.9. The number of rotatable bonds is 6. The lowest BCUT2D eigenvalue weighted by Crippen LogP contribution is -2.21. The van der Waals surface area contributed by atoms with Crippen LogP contribution in [0.25, 0.3) is 0 Å². The van der Waals surface area contributed by atoms with Crippen LogP contribution in [0.5, 0.6) is 0 Å². The summed E-state index contributed by atoms with van der Waals surface area (Å²) in [5, 5.41) is 8.56. The van der Waals surface area contributed by atoms with Crippen LogP contribution in [0.4, 0.5) is 0 Å². The predicted molar refractivity (Wildman–Crippen MR) is 69.3 cm³/mol. The lowest BCUT2D eigenvalue weighted by atomic mass is 10.1. The molecule has 0 N–H and O–H groups in total. The Labute approximate surface area is 107 Å². The van der Waals surface area contributed by atoms with Gasteiger partial charge in [-0.05, 0) is 18.9 Å². The van der Waals surface area contributed by atoms with Crippen molar-refractivity contribution in [2.24, 2.45) is 4.99 Å². The molecule has 0 saturated heterocycles. The summed E-state index contributed by atoms with van der Waals surface area (Å²) in [4.78, 5) is 15.8. The van der Waals surface area contributed by atoms with Gasteiger partial charge in [0.05, 0.1) is 12.7 Å². The molecule has 1 aromatic carbocycles. The fourth-order valence-corrected chi connectivity index (χ4v) is 1.41. The largest absolute Gasteiger partial charge is 0.464 e. The Kier molecular flexibility index (Phi) is 6.20. The van der Waals surface area contributed by atoms with E-state index in [1.54, 1.807) is 13.1 Å². The number of esters is 1. The Hall–Kier alpha value is -2.15. The van der Waals surface area contributed by atoms with Gasteiger partial charge in [-0.1, -0.05) is 30.3 Å². The third-order valence-electron chi connectivity index (χ3n) is 2.29. The van der Waals surface area contributed by atoms with Crippen LogP contribution >= 0.6 is 0 Å². The monoisotopic (exact) mass is 244 g/mol. The van der Waals surface area contributed by atoms with Crippen LogP contribution in [-0.4, -0.2) is 24.8 Å². The van der Waals surface area contributed by atoms with Gasteiger partial charge in [0.25, 0.3) is 0 Å². The van der Waals surface area contributed by atoms with Crippen LogP contribution in [-0.2, 0) is 9.53 Å². The van der Waals surface area contributed by atoms with E-state index in [0.29, 0.717) is 13.0 Å². The molecule has 0 aliphatic carbocycles. The van der Waals surface area contributed by atoms with Crippen LogP contribution in [0.15, 0.2) is 35.3 Å². The van der Waals surface area contributed by atoms with E-state index < -0.39 is 6.04 Å². The SMILES string of the molecule is CCOC(=O)C(CCC#N)/N=C/c1ccccc1. The molecule has 0 aromatic heterocycles. The molecule has 0 amide bonds. The van der Waals surface area contributed by atoms with Crippen LogP contribution in [0.3, 0.4) is 0 Å². The van der Waals surface area contributed by atoms with Gasteiger partial charge in [0.1, 0.15) is 6.04 Å². The first-order valence-corrected chi connectivity index (χ1v) is 5.89. The molecule has 0 saturated carbocycles. The molecule has 4 heteroatoms. The van der Waals surface area contributed by atoms with Crippen molar-refractivity contribution >= 4 is 12.2 Å². The summed E-state index contributed by atoms with van der Waals surface area (Å²) in [5.41, 5.74) is 0.920. The number of carbonyl (C=O) groups excluding carboxylic acids is 1. The summed E-state index contributed by atoms with van der Waals surface area (Å²) in [6, 6.07) is 10.9. The maximum Gasteiger partial charge on any atom is 0.330 e. The van der Waals surface area contributed by atoms with Gasteiger partial charge >= 0.3 is 5.97 Å². The Morgan fingerprint density at radius 3 is 2.83 bits per heavy atom. The maximum absolute atomic E-state index is 11.6. The minimum absolute atomic E-state index is 0.287. The van der Waals surface area contributed by atoms with Crippen LogP contribution in [0, 0.1) is 11.3 Å². The number of ether oxygens (including phenoxy) is 1. The molecule has 0 heterocycles. The number of hydrogen-bond acceptors (Lipinski definition) is 4. The minimum atomic E-state index is -0.593. The first-order chi connectivity index (χ1) is 8.77. The summed E-state index contributed by atoms with van der Waals surface area (Å²) in [5.74, 6) is -0.375. The molecule has 0 bridgehead atoms. The Bertz CT molecular complexity index is 435. The van der Waals surface area contributed by atoms with Crippen molar-refractivity contribution < 1.29 is 9.53 Å². The fourth-order valence-electron chi connectivity index (χ4n) is 1.41. The lowest BCUT2D eigenvalue weighted by molar-refractivity contribution is -0.144. The highest BCUT2D eigenvalue weighted by Gasteiger charge is 2.17. The average molecular weight is 244 g/mol. The highest BCUT2D eigenvalue weighted by atomic mass is 16.5. The van der Waals surface area contributed by atoms with Crippen molar-refractivity contribution in [3.05, 3.63) is 35.9 Å². The van der Waals surface area contributed by atoms with Gasteiger partial charge in [-0.2, -0.15) is 5.26 Å². The highest BCUT2D eigenvalue weighted by molar-refractivity contribution is 5.83. The zero-order valence-corrected chi connectivity index (χ0v) is 10.4. The second-order valence-corrected chi connectivity index (χ2v) is 3.65. The molecular formula is C14H16N2O2. The molecule has 94 valence electrons. The normalized spacial score (nSPS) is 12.0. The van der Waals surface area contributed by atoms with Crippen molar-refractivity contribution in [1.82, 2.24) is 0 Å². The standard InChI is InChI=1S/C14H16N2O2/c1-2-18-14(17)13(9-6-10-15)16-11-12-7-4-3-5-8-12/h3-5,7-8,11,13H,2,6,9H2,1H3/b16-11+. The molecule has 1 rings (SSSR count). The molecule has 0 aliphatic rings. The number of nitrogens with zero attached hydrogens (tertiary/aromatic N) is 2. The van der Waals surface area contributed by atoms with Crippen molar-refractivity contribution in [2.75, 3.05) is 6.61 Å². The number of benzene rings is 1. The topological polar surface area (TPSA) is 62.5 Å². The van der Waals surface area contributed by atoms with Gasteiger partial charge in [0, 0.05) is 12.6 Å². The van der Waals surface area contributed by atoms with Gasteiger partial charge in [-0.15, -0.1) is 0 Å². The number of aliphatic imine (C=N–C) groups is 1. The maximum atomic E-state index is 11.6. The van der Waals surface area contributed by atoms with Crippen molar-refractivity contribution in [3.8, 4) is 6.07 Å². The molecule has 4 nitrogen and oxygen atoms in total. The number of nitriles is 1. The van der Waals surface area contributed by atoms with E-state index in [9.17, 15) is 4.79 Å². The summed E-state index contributed by atoms with van der Waals surface area (Å²) in [6.07, 6.45) is 2.31. The Morgan fingerprint density at radius 2 is 2.22 bits per heavy atom. The van der Waals surface area contributed by atoms with E-state index in [0.717, 1.165) is 5.56 Å². The predicted octanol–water partition coefficient (Wildman–Crippen LogP) is 2.34. The second kappa shape index (κ2) is 8.02. The average Bonchev–Trinajstić information content (AvgIpc) is 2.40. The molecule has 0 aliphatic heterocycles. The third kappa shape index (κ3) is 4.79. The molecule has 1 aromatic rings. The van der Waals surface area contributed by atoms with Gasteiger partial charge < -0.3 is 4.74 Å². The van der Waals surface area contributed by atoms with Crippen LogP contribution in [0.1, 0.15) is 25.3 Å². The van der Waals surface area contributed by atoms with E-state index in [4.69, 9.17) is 10.00 Å². The number of hydrogen-bond donors (Lipinski definition) is 0. The van der Waals surface area contributed by atoms with Crippen LogP contribution in [0.2, 0.25) is 0 Å². The van der Waals surface area contributed by atoms with Gasteiger partial charge in [-0.25, -0.2) is 4.79 Å². The summed E-state index contributed by atoms with van der Waals surface area (Å²) < 4.78 is 4.93. The van der Waals surface area contributed by atoms with E-state index in [2.05, 4.69) is 4.99 Å². The highest BCUT2D eigenvalue weighted by Crippen LogP contribution is 2.05. The summed E-state index contributed by atoms with van der Waals surface area (Å²) >= 11 is 0. The van der Waals surface area contributed by atoms with Gasteiger partial charge in [0.15, 0.2) is 0 Å². The zero-order chi connectivity index (χ0) is 13.2. The van der Waals surface area contributed by atoms with Gasteiger partial charge in [0.2, 0.25) is 0 Å². The molecular weight excluding hydrogens is 228 g/mol. The van der Waals surface area contributed by atoms with Crippen LogP contribution < -0.4 is 0 Å². The molecule has 0 fully saturated rings. The van der Waals surface area contributed by atoms with Crippen molar-refractivity contribution in [3.63, 3.8) is 0 Å². The molecule has 1 unspecified atom stereocenters. The van der Waals surface area contributed by atoms with E-state index in [-0.39, 0.29) is 12.4 Å². The van der Waals surface area contributed by atoms with E-state index >= 15 is 0 Å². The molecule has 18 heavy (non-hydrogen) atoms.